The predicted molar refractivity (Wildman–Crippen MR) is 55.2 cm³/mol. The van der Waals surface area contributed by atoms with E-state index in [2.05, 4.69) is 4.98 Å². The van der Waals surface area contributed by atoms with Crippen molar-refractivity contribution in [3.05, 3.63) is 23.4 Å². The predicted octanol–water partition coefficient (Wildman–Crippen LogP) is 0.452. The zero-order valence-electron chi connectivity index (χ0n) is 8.49. The topological polar surface area (TPSA) is 81.2 Å². The number of nitrogens with one attached hydrogen (secondary N) is 1. The van der Waals surface area contributed by atoms with Gasteiger partial charge in [0.1, 0.15) is 11.9 Å². The van der Waals surface area contributed by atoms with Gasteiger partial charge in [0.15, 0.2) is 0 Å². The van der Waals surface area contributed by atoms with Crippen molar-refractivity contribution in [1.82, 2.24) is 4.98 Å². The molecule has 1 aromatic rings. The lowest BCUT2D eigenvalue weighted by molar-refractivity contribution is -0.0814. The summed E-state index contributed by atoms with van der Waals surface area (Å²) in [6.45, 7) is 3.03. The molecule has 2 heterocycles. The van der Waals surface area contributed by atoms with Gasteiger partial charge in [0, 0.05) is 6.20 Å². The van der Waals surface area contributed by atoms with Gasteiger partial charge >= 0.3 is 0 Å². The van der Waals surface area contributed by atoms with E-state index in [1.165, 1.54) is 0 Å². The molecule has 1 aromatic heterocycles. The van der Waals surface area contributed by atoms with Gasteiger partial charge in [-0.05, 0) is 18.6 Å². The van der Waals surface area contributed by atoms with Crippen molar-refractivity contribution < 1.29 is 9.47 Å². The first-order valence-corrected chi connectivity index (χ1v) is 4.73. The third kappa shape index (κ3) is 1.92. The summed E-state index contributed by atoms with van der Waals surface area (Å²) >= 11 is 0. The van der Waals surface area contributed by atoms with Gasteiger partial charge in [0.25, 0.3) is 0 Å². The van der Waals surface area contributed by atoms with Gasteiger partial charge in [-0.2, -0.15) is 0 Å². The van der Waals surface area contributed by atoms with Gasteiger partial charge in [-0.25, -0.2) is 4.98 Å². The number of aromatic nitrogens is 1. The summed E-state index contributed by atoms with van der Waals surface area (Å²) in [6, 6.07) is 1.81. The summed E-state index contributed by atoms with van der Waals surface area (Å²) in [5.41, 5.74) is 6.95. The van der Waals surface area contributed by atoms with Crippen LogP contribution in [0, 0.1) is 12.3 Å². The molecule has 2 rings (SSSR count). The van der Waals surface area contributed by atoms with Crippen LogP contribution in [0.25, 0.3) is 0 Å². The molecule has 5 heteroatoms. The monoisotopic (exact) mass is 207 g/mol. The number of hydrogen-bond donors (Lipinski definition) is 2. The fraction of sp³-hybridized carbons (Fsp3) is 0.400. The van der Waals surface area contributed by atoms with E-state index in [1.807, 2.05) is 6.92 Å². The number of pyridine rings is 1. The molecule has 0 bridgehead atoms. The van der Waals surface area contributed by atoms with Crippen molar-refractivity contribution in [3.8, 4) is 5.88 Å². The minimum absolute atomic E-state index is 0.0177. The van der Waals surface area contributed by atoms with Crippen LogP contribution in [0.2, 0.25) is 0 Å². The average molecular weight is 207 g/mol. The fourth-order valence-corrected chi connectivity index (χ4v) is 1.39. The Bertz CT molecular complexity index is 388. The molecule has 1 fully saturated rings. The highest BCUT2D eigenvalue weighted by molar-refractivity contribution is 5.98. The number of amidine groups is 1. The molecule has 0 atom stereocenters. The molecule has 0 amide bonds. The average Bonchev–Trinajstić information content (AvgIpc) is 2.10. The first-order chi connectivity index (χ1) is 7.18. The number of nitrogen functional groups attached to an aromatic ring is 1. The molecule has 0 saturated carbocycles. The molecule has 0 unspecified atom stereocenters. The lowest BCUT2D eigenvalue weighted by Crippen LogP contribution is -2.39. The van der Waals surface area contributed by atoms with Crippen LogP contribution in [0.4, 0.5) is 0 Å². The molecule has 1 aliphatic rings. The summed E-state index contributed by atoms with van der Waals surface area (Å²) in [5, 5.41) is 7.46. The van der Waals surface area contributed by atoms with Crippen LogP contribution in [0.5, 0.6) is 5.88 Å². The van der Waals surface area contributed by atoms with Crippen molar-refractivity contribution in [2.45, 2.75) is 13.0 Å². The molecule has 15 heavy (non-hydrogen) atoms. The fourth-order valence-electron chi connectivity index (χ4n) is 1.39. The molecular weight excluding hydrogens is 194 g/mol. The van der Waals surface area contributed by atoms with Gasteiger partial charge in [-0.3, -0.25) is 5.41 Å². The molecule has 1 aliphatic heterocycles. The Morgan fingerprint density at radius 2 is 2.40 bits per heavy atom. The zero-order valence-corrected chi connectivity index (χ0v) is 8.49. The molecular formula is C10H13N3O2. The van der Waals surface area contributed by atoms with Gasteiger partial charge < -0.3 is 15.2 Å². The van der Waals surface area contributed by atoms with Crippen molar-refractivity contribution in [1.29, 1.82) is 5.41 Å². The van der Waals surface area contributed by atoms with E-state index in [0.29, 0.717) is 24.7 Å². The quantitative estimate of drug-likeness (QED) is 0.557. The summed E-state index contributed by atoms with van der Waals surface area (Å²) in [4.78, 5) is 4.08. The Kier molecular flexibility index (Phi) is 2.55. The van der Waals surface area contributed by atoms with E-state index < -0.39 is 0 Å². The lowest BCUT2D eigenvalue weighted by Gasteiger charge is -2.27. The third-order valence-electron chi connectivity index (χ3n) is 2.28. The van der Waals surface area contributed by atoms with Crippen molar-refractivity contribution in [3.63, 3.8) is 0 Å². The van der Waals surface area contributed by atoms with Crippen molar-refractivity contribution in [2.75, 3.05) is 13.2 Å². The second kappa shape index (κ2) is 3.86. The Morgan fingerprint density at radius 1 is 1.67 bits per heavy atom. The maximum atomic E-state index is 7.46. The van der Waals surface area contributed by atoms with E-state index in [4.69, 9.17) is 20.6 Å². The van der Waals surface area contributed by atoms with Crippen LogP contribution >= 0.6 is 0 Å². The standard InChI is InChI=1S/C10H13N3O2/c1-6-2-3-13-10(8(6)9(11)12)15-7-4-14-5-7/h2-3,7H,4-5H2,1H3,(H3,11,12). The number of nitrogens with two attached hydrogens (primary N) is 1. The largest absolute Gasteiger partial charge is 0.469 e. The molecule has 0 radical (unpaired) electrons. The van der Waals surface area contributed by atoms with Crippen LogP contribution in [-0.2, 0) is 4.74 Å². The molecule has 0 aliphatic carbocycles. The molecule has 80 valence electrons. The van der Waals surface area contributed by atoms with Crippen LogP contribution in [0.3, 0.4) is 0 Å². The highest BCUT2D eigenvalue weighted by atomic mass is 16.6. The molecule has 0 aromatic carbocycles. The van der Waals surface area contributed by atoms with E-state index in [0.717, 1.165) is 5.56 Å². The summed E-state index contributed by atoms with van der Waals surface area (Å²) in [6.07, 6.45) is 1.69. The number of hydrogen-bond acceptors (Lipinski definition) is 4. The first kappa shape index (κ1) is 9.92. The Morgan fingerprint density at radius 3 is 2.93 bits per heavy atom. The lowest BCUT2D eigenvalue weighted by atomic mass is 10.1. The number of nitrogens with zero attached hydrogens (tertiary/aromatic N) is 1. The molecule has 5 nitrogen and oxygen atoms in total. The van der Waals surface area contributed by atoms with E-state index in [-0.39, 0.29) is 11.9 Å². The summed E-state index contributed by atoms with van der Waals surface area (Å²) in [5.74, 6) is 0.409. The summed E-state index contributed by atoms with van der Waals surface area (Å²) in [7, 11) is 0. The third-order valence-corrected chi connectivity index (χ3v) is 2.28. The second-order valence-corrected chi connectivity index (χ2v) is 3.50. The van der Waals surface area contributed by atoms with Gasteiger partial charge in [0.2, 0.25) is 5.88 Å². The van der Waals surface area contributed by atoms with Crippen LogP contribution in [0.15, 0.2) is 12.3 Å². The zero-order chi connectivity index (χ0) is 10.8. The maximum Gasteiger partial charge on any atom is 0.225 e. The number of ether oxygens (including phenoxy) is 2. The number of rotatable bonds is 3. The van der Waals surface area contributed by atoms with Crippen LogP contribution < -0.4 is 10.5 Å². The van der Waals surface area contributed by atoms with Gasteiger partial charge in [-0.1, -0.05) is 0 Å². The summed E-state index contributed by atoms with van der Waals surface area (Å²) < 4.78 is 10.6. The van der Waals surface area contributed by atoms with E-state index in [1.54, 1.807) is 12.3 Å². The normalized spacial score (nSPS) is 15.8. The van der Waals surface area contributed by atoms with E-state index in [9.17, 15) is 0 Å². The van der Waals surface area contributed by atoms with Crippen molar-refractivity contribution in [2.24, 2.45) is 5.73 Å². The molecule has 3 N–H and O–H groups in total. The van der Waals surface area contributed by atoms with Crippen LogP contribution in [0.1, 0.15) is 11.1 Å². The second-order valence-electron chi connectivity index (χ2n) is 3.50. The Labute approximate surface area is 87.7 Å². The highest BCUT2D eigenvalue weighted by Gasteiger charge is 2.23. The number of aryl methyl sites for hydroxylation is 1. The highest BCUT2D eigenvalue weighted by Crippen LogP contribution is 2.21. The van der Waals surface area contributed by atoms with Gasteiger partial charge in [0.05, 0.1) is 18.8 Å². The first-order valence-electron chi connectivity index (χ1n) is 4.73. The minimum Gasteiger partial charge on any atom is -0.469 e. The molecule has 0 spiro atoms. The molecule has 1 saturated heterocycles. The Hall–Kier alpha value is -1.62. The Balaban J connectivity index is 2.27. The van der Waals surface area contributed by atoms with Crippen molar-refractivity contribution >= 4 is 5.84 Å². The van der Waals surface area contributed by atoms with E-state index >= 15 is 0 Å². The van der Waals surface area contributed by atoms with Crippen LogP contribution in [-0.4, -0.2) is 30.1 Å². The van der Waals surface area contributed by atoms with Gasteiger partial charge in [-0.15, -0.1) is 0 Å². The smallest absolute Gasteiger partial charge is 0.225 e. The minimum atomic E-state index is -0.0177. The SMILES string of the molecule is Cc1ccnc(OC2COC2)c1C(=N)N. The maximum absolute atomic E-state index is 7.46.